The number of hydrogen-bond acceptors (Lipinski definition) is 8. The maximum atomic E-state index is 12.3. The maximum absolute atomic E-state index is 12.3. The van der Waals surface area contributed by atoms with Crippen LogP contribution in [-0.2, 0) is 16.1 Å². The molecule has 1 saturated heterocycles. The first-order valence-electron chi connectivity index (χ1n) is 12.4. The predicted molar refractivity (Wildman–Crippen MR) is 140 cm³/mol. The third-order valence-electron chi connectivity index (χ3n) is 6.05. The van der Waals surface area contributed by atoms with Crippen LogP contribution in [0.15, 0.2) is 71.3 Å². The molecule has 1 fully saturated rings. The fraction of sp³-hybridized carbons (Fsp3) is 0.286. The van der Waals surface area contributed by atoms with Gasteiger partial charge in [0.25, 0.3) is 17.6 Å². The zero-order valence-corrected chi connectivity index (χ0v) is 21.2. The van der Waals surface area contributed by atoms with Gasteiger partial charge in [-0.15, -0.1) is 0 Å². The zero-order chi connectivity index (χ0) is 28.0. The monoisotopic (exact) mass is 531 g/mol. The largest absolute Gasteiger partial charge is 0.478 e. The van der Waals surface area contributed by atoms with E-state index < -0.39 is 11.9 Å². The Morgan fingerprint density at radius 1 is 1.03 bits per heavy atom. The molecule has 11 nitrogen and oxygen atoms in total. The highest BCUT2D eigenvalue weighted by Gasteiger charge is 2.20. The summed E-state index contributed by atoms with van der Waals surface area (Å²) in [6.07, 6.45) is 4.36. The molecule has 11 heteroatoms. The Morgan fingerprint density at radius 2 is 1.67 bits per heavy atom. The van der Waals surface area contributed by atoms with Gasteiger partial charge in [0.05, 0.1) is 11.6 Å². The molecule has 39 heavy (non-hydrogen) atoms. The number of carbonyl (C=O) groups is 3. The topological polar surface area (TPSA) is 170 Å². The highest BCUT2D eigenvalue weighted by atomic mass is 16.5. The molecule has 0 atom stereocenters. The minimum atomic E-state index is -1.26. The lowest BCUT2D eigenvalue weighted by atomic mass is 9.93. The second kappa shape index (κ2) is 14.8. The van der Waals surface area contributed by atoms with Crippen molar-refractivity contribution in [2.75, 3.05) is 19.6 Å². The van der Waals surface area contributed by atoms with Gasteiger partial charge in [0, 0.05) is 30.8 Å². The highest BCUT2D eigenvalue weighted by Crippen LogP contribution is 2.22. The van der Waals surface area contributed by atoms with Gasteiger partial charge in [0.1, 0.15) is 0 Å². The molecule has 1 aliphatic rings. The van der Waals surface area contributed by atoms with Crippen LogP contribution in [0.5, 0.6) is 0 Å². The molecule has 0 aliphatic carbocycles. The molecule has 1 amide bonds. The Morgan fingerprint density at radius 3 is 2.26 bits per heavy atom. The summed E-state index contributed by atoms with van der Waals surface area (Å²) >= 11 is 0. The fourth-order valence-corrected chi connectivity index (χ4v) is 4.01. The summed E-state index contributed by atoms with van der Waals surface area (Å²) < 4.78 is 5.19. The average molecular weight is 532 g/mol. The van der Waals surface area contributed by atoms with E-state index in [1.54, 1.807) is 24.3 Å². The molecule has 0 radical (unpaired) electrons. The summed E-state index contributed by atoms with van der Waals surface area (Å²) in [5.74, 6) is -1.94. The first-order valence-corrected chi connectivity index (χ1v) is 12.4. The number of hydrogen-bond donors (Lipinski definition) is 3. The van der Waals surface area contributed by atoms with E-state index >= 15 is 0 Å². The second-order valence-electron chi connectivity index (χ2n) is 8.87. The van der Waals surface area contributed by atoms with Gasteiger partial charge in [0.15, 0.2) is 0 Å². The van der Waals surface area contributed by atoms with Crippen LogP contribution in [0.1, 0.15) is 41.0 Å². The van der Waals surface area contributed by atoms with Crippen molar-refractivity contribution in [1.82, 2.24) is 20.4 Å². The molecule has 1 aromatic heterocycles. The normalized spacial score (nSPS) is 13.7. The Kier molecular flexibility index (Phi) is 10.9. The van der Waals surface area contributed by atoms with Crippen molar-refractivity contribution in [2.45, 2.75) is 25.8 Å². The molecule has 1 aliphatic heterocycles. The first-order chi connectivity index (χ1) is 18.8. The number of amides is 1. The third-order valence-corrected chi connectivity index (χ3v) is 6.05. The number of carbonyl (C=O) groups excluding carboxylic acids is 1. The lowest BCUT2D eigenvalue weighted by Gasteiger charge is -2.32. The van der Waals surface area contributed by atoms with E-state index in [4.69, 9.17) is 20.0 Å². The number of aromatic nitrogens is 2. The Bertz CT molecular complexity index is 1290. The van der Waals surface area contributed by atoms with Gasteiger partial charge in [-0.25, -0.2) is 9.59 Å². The number of nitriles is 1. The number of nitrogens with one attached hydrogen (secondary N) is 1. The van der Waals surface area contributed by atoms with E-state index in [9.17, 15) is 14.4 Å². The van der Waals surface area contributed by atoms with Crippen LogP contribution in [0.3, 0.4) is 0 Å². The quantitative estimate of drug-likeness (QED) is 0.348. The molecule has 0 spiro atoms. The average Bonchev–Trinajstić information content (AvgIpc) is 3.44. The molecule has 0 saturated carbocycles. The summed E-state index contributed by atoms with van der Waals surface area (Å²) in [5, 5.41) is 31.2. The van der Waals surface area contributed by atoms with Crippen LogP contribution in [0.4, 0.5) is 0 Å². The van der Waals surface area contributed by atoms with Crippen LogP contribution in [-0.4, -0.2) is 62.7 Å². The summed E-state index contributed by atoms with van der Waals surface area (Å²) in [7, 11) is 0. The van der Waals surface area contributed by atoms with Crippen LogP contribution >= 0.6 is 0 Å². The fourth-order valence-electron chi connectivity index (χ4n) is 4.01. The molecule has 3 aromatic rings. The minimum absolute atomic E-state index is 0.0250. The van der Waals surface area contributed by atoms with Gasteiger partial charge in [-0.05, 0) is 68.1 Å². The smallest absolute Gasteiger partial charge is 0.328 e. The van der Waals surface area contributed by atoms with Gasteiger partial charge in [0.2, 0.25) is 0 Å². The summed E-state index contributed by atoms with van der Waals surface area (Å²) in [4.78, 5) is 38.1. The Hall–Kier alpha value is -4.82. The standard InChI is InChI=1S/C24H25N5O2.C4H4O4/c25-16-19-6-8-21(9-7-19)24-27-22(28-31-24)23(30)26-13-10-18-11-14-29(15-12-18)17-20-4-2-1-3-5-20;5-3(6)1-2-4(7)8/h1-9,18H,10-15,17H2,(H,26,30);1-2H,(H,5,6)(H,7,8). The van der Waals surface area contributed by atoms with Crippen molar-refractivity contribution in [3.63, 3.8) is 0 Å². The summed E-state index contributed by atoms with van der Waals surface area (Å²) in [6, 6.07) is 19.4. The van der Waals surface area contributed by atoms with Crippen molar-refractivity contribution in [3.8, 4) is 17.5 Å². The Labute approximate surface area is 225 Å². The van der Waals surface area contributed by atoms with E-state index in [2.05, 4.69) is 50.7 Å². The molecule has 0 bridgehead atoms. The summed E-state index contributed by atoms with van der Waals surface area (Å²) in [5.41, 5.74) is 2.58. The van der Waals surface area contributed by atoms with Gasteiger partial charge >= 0.3 is 11.9 Å². The van der Waals surface area contributed by atoms with E-state index in [1.165, 1.54) is 5.56 Å². The van der Waals surface area contributed by atoms with Crippen molar-refractivity contribution in [1.29, 1.82) is 5.26 Å². The number of nitrogens with zero attached hydrogens (tertiary/aromatic N) is 4. The number of rotatable bonds is 9. The van der Waals surface area contributed by atoms with Crippen LogP contribution in [0.25, 0.3) is 11.5 Å². The highest BCUT2D eigenvalue weighted by molar-refractivity contribution is 5.90. The van der Waals surface area contributed by atoms with Crippen molar-refractivity contribution in [3.05, 3.63) is 83.7 Å². The molecule has 4 rings (SSSR count). The molecule has 2 aromatic carbocycles. The first kappa shape index (κ1) is 28.7. The van der Waals surface area contributed by atoms with Gasteiger partial charge < -0.3 is 20.1 Å². The number of carboxylic acids is 2. The molecule has 3 N–H and O–H groups in total. The Balaban J connectivity index is 0.000000459. The molecule has 202 valence electrons. The van der Waals surface area contributed by atoms with Crippen molar-refractivity contribution < 1.29 is 29.1 Å². The van der Waals surface area contributed by atoms with E-state index in [0.717, 1.165) is 38.9 Å². The van der Waals surface area contributed by atoms with Gasteiger partial charge in [-0.3, -0.25) is 9.69 Å². The van der Waals surface area contributed by atoms with E-state index in [0.29, 0.717) is 35.7 Å². The predicted octanol–water partition coefficient (Wildman–Crippen LogP) is 3.35. The number of aliphatic carboxylic acids is 2. The van der Waals surface area contributed by atoms with E-state index in [1.807, 2.05) is 6.07 Å². The van der Waals surface area contributed by atoms with Crippen LogP contribution in [0, 0.1) is 17.2 Å². The van der Waals surface area contributed by atoms with Gasteiger partial charge in [-0.1, -0.05) is 35.5 Å². The molecular formula is C28H29N5O6. The molecule has 2 heterocycles. The van der Waals surface area contributed by atoms with Crippen LogP contribution < -0.4 is 5.32 Å². The number of benzene rings is 2. The van der Waals surface area contributed by atoms with E-state index in [-0.39, 0.29) is 17.6 Å². The SMILES string of the molecule is N#Cc1ccc(-c2nc(C(=O)NCCC3CCN(Cc4ccccc4)CC3)no2)cc1.O=C(O)C=CC(=O)O. The maximum Gasteiger partial charge on any atom is 0.328 e. The lowest BCUT2D eigenvalue weighted by Crippen LogP contribution is -2.35. The number of likely N-dealkylation sites (tertiary alicyclic amines) is 1. The molecular weight excluding hydrogens is 502 g/mol. The minimum Gasteiger partial charge on any atom is -0.478 e. The third kappa shape index (κ3) is 9.87. The number of carboxylic acid groups (broad SMARTS) is 2. The van der Waals surface area contributed by atoms with Crippen molar-refractivity contribution >= 4 is 17.8 Å². The number of piperidine rings is 1. The summed E-state index contributed by atoms with van der Waals surface area (Å²) in [6.45, 7) is 3.78. The lowest BCUT2D eigenvalue weighted by molar-refractivity contribution is -0.134. The van der Waals surface area contributed by atoms with Crippen molar-refractivity contribution in [2.24, 2.45) is 5.92 Å². The molecule has 0 unspecified atom stereocenters. The van der Waals surface area contributed by atoms with Gasteiger partial charge in [-0.2, -0.15) is 10.2 Å². The second-order valence-corrected chi connectivity index (χ2v) is 8.87. The van der Waals surface area contributed by atoms with Crippen LogP contribution in [0.2, 0.25) is 0 Å². The zero-order valence-electron chi connectivity index (χ0n) is 21.2.